The molecule has 0 fully saturated rings. The number of nitrogens with zero attached hydrogens (tertiary/aromatic N) is 3. The molecule has 0 bridgehead atoms. The molecule has 0 unspecified atom stereocenters. The highest BCUT2D eigenvalue weighted by atomic mass is 16.5. The zero-order chi connectivity index (χ0) is 19.2. The van der Waals surface area contributed by atoms with Crippen LogP contribution in [0, 0.1) is 0 Å². The number of anilines is 1. The van der Waals surface area contributed by atoms with Crippen LogP contribution in [-0.4, -0.2) is 35.1 Å². The first-order valence-corrected chi connectivity index (χ1v) is 8.65. The van der Waals surface area contributed by atoms with Gasteiger partial charge in [0.25, 0.3) is 5.91 Å². The van der Waals surface area contributed by atoms with E-state index in [4.69, 9.17) is 9.47 Å². The summed E-state index contributed by atoms with van der Waals surface area (Å²) in [7, 11) is 3.18. The molecule has 0 aliphatic heterocycles. The van der Waals surface area contributed by atoms with Gasteiger partial charge in [-0.15, -0.1) is 5.10 Å². The molecule has 0 aliphatic carbocycles. The van der Waals surface area contributed by atoms with Crippen LogP contribution in [0.1, 0.15) is 28.7 Å². The molecule has 27 heavy (non-hydrogen) atoms. The van der Waals surface area contributed by atoms with Crippen molar-refractivity contribution in [3.8, 4) is 11.4 Å². The van der Waals surface area contributed by atoms with Gasteiger partial charge in [-0.25, -0.2) is 4.68 Å². The van der Waals surface area contributed by atoms with Crippen molar-refractivity contribution in [3.05, 3.63) is 65.5 Å². The molecule has 1 heterocycles. The van der Waals surface area contributed by atoms with E-state index in [1.165, 1.54) is 0 Å². The highest BCUT2D eigenvalue weighted by molar-refractivity contribution is 6.04. The van der Waals surface area contributed by atoms with Crippen molar-refractivity contribution >= 4 is 11.6 Å². The smallest absolute Gasteiger partial charge is 0.278 e. The molecule has 3 rings (SSSR count). The number of aromatic nitrogens is 3. The number of hydrogen-bond donors (Lipinski definition) is 1. The topological polar surface area (TPSA) is 78.3 Å². The maximum absolute atomic E-state index is 12.8. The van der Waals surface area contributed by atoms with Crippen LogP contribution in [0.4, 0.5) is 5.69 Å². The van der Waals surface area contributed by atoms with Gasteiger partial charge in [0.15, 0.2) is 5.69 Å². The third kappa shape index (κ3) is 3.98. The molecule has 0 aliphatic rings. The van der Waals surface area contributed by atoms with Crippen LogP contribution in [0.15, 0.2) is 48.5 Å². The van der Waals surface area contributed by atoms with E-state index in [-0.39, 0.29) is 18.2 Å². The van der Waals surface area contributed by atoms with Crippen LogP contribution in [0.3, 0.4) is 0 Å². The van der Waals surface area contributed by atoms with Crippen LogP contribution in [0.25, 0.3) is 5.69 Å². The number of carbonyl (C=O) groups excluding carboxylic acids is 1. The van der Waals surface area contributed by atoms with Gasteiger partial charge in [-0.3, -0.25) is 4.79 Å². The second-order valence-corrected chi connectivity index (χ2v) is 5.89. The third-order valence-corrected chi connectivity index (χ3v) is 4.22. The van der Waals surface area contributed by atoms with Crippen molar-refractivity contribution < 1.29 is 14.3 Å². The molecular formula is C20H22N4O3. The van der Waals surface area contributed by atoms with E-state index < -0.39 is 0 Å². The number of ether oxygens (including phenoxy) is 2. The Morgan fingerprint density at radius 1 is 1.11 bits per heavy atom. The SMILES string of the molecule is CCc1ccccc1NC(=O)c1nnn(-c2ccc(OC)cc2)c1COC. The van der Waals surface area contributed by atoms with E-state index in [1.807, 2.05) is 55.5 Å². The monoisotopic (exact) mass is 366 g/mol. The van der Waals surface area contributed by atoms with E-state index in [0.717, 1.165) is 29.1 Å². The number of amides is 1. The lowest BCUT2D eigenvalue weighted by molar-refractivity contribution is 0.101. The highest BCUT2D eigenvalue weighted by Gasteiger charge is 2.21. The normalized spacial score (nSPS) is 10.6. The first-order chi connectivity index (χ1) is 13.2. The minimum absolute atomic E-state index is 0.206. The number of methoxy groups -OCH3 is 2. The molecule has 1 amide bonds. The summed E-state index contributed by atoms with van der Waals surface area (Å²) in [6.07, 6.45) is 0.819. The molecule has 0 saturated heterocycles. The number of nitrogens with one attached hydrogen (secondary N) is 1. The van der Waals surface area contributed by atoms with Crippen molar-refractivity contribution in [1.29, 1.82) is 0 Å². The van der Waals surface area contributed by atoms with E-state index in [1.54, 1.807) is 18.9 Å². The van der Waals surface area contributed by atoms with Crippen LogP contribution in [-0.2, 0) is 17.8 Å². The molecule has 0 saturated carbocycles. The Morgan fingerprint density at radius 3 is 2.52 bits per heavy atom. The summed E-state index contributed by atoms with van der Waals surface area (Å²) in [5.74, 6) is 0.420. The maximum atomic E-state index is 12.8. The third-order valence-electron chi connectivity index (χ3n) is 4.22. The first kappa shape index (κ1) is 18.6. The van der Waals surface area contributed by atoms with Gasteiger partial charge in [-0.1, -0.05) is 30.3 Å². The van der Waals surface area contributed by atoms with Gasteiger partial charge in [0, 0.05) is 12.8 Å². The average molecular weight is 366 g/mol. The van der Waals surface area contributed by atoms with Crippen LogP contribution in [0.2, 0.25) is 0 Å². The first-order valence-electron chi connectivity index (χ1n) is 8.65. The molecule has 7 heteroatoms. The van der Waals surface area contributed by atoms with Gasteiger partial charge in [0.2, 0.25) is 0 Å². The van der Waals surface area contributed by atoms with Gasteiger partial charge in [-0.2, -0.15) is 0 Å². The Kier molecular flexibility index (Phi) is 5.83. The van der Waals surface area contributed by atoms with Crippen molar-refractivity contribution in [1.82, 2.24) is 15.0 Å². The van der Waals surface area contributed by atoms with Crippen LogP contribution in [0.5, 0.6) is 5.75 Å². The van der Waals surface area contributed by atoms with Crippen LogP contribution >= 0.6 is 0 Å². The quantitative estimate of drug-likeness (QED) is 0.694. The largest absolute Gasteiger partial charge is 0.497 e. The molecule has 0 spiro atoms. The summed E-state index contributed by atoms with van der Waals surface area (Å²) in [5, 5.41) is 11.2. The molecule has 3 aromatic rings. The molecule has 1 aromatic heterocycles. The fourth-order valence-electron chi connectivity index (χ4n) is 2.81. The molecule has 7 nitrogen and oxygen atoms in total. The lowest BCUT2D eigenvalue weighted by Gasteiger charge is -2.10. The van der Waals surface area contributed by atoms with Gasteiger partial charge in [0.1, 0.15) is 11.4 Å². The van der Waals surface area contributed by atoms with Crippen molar-refractivity contribution in [2.45, 2.75) is 20.0 Å². The molecule has 1 N–H and O–H groups in total. The van der Waals surface area contributed by atoms with E-state index in [2.05, 4.69) is 15.6 Å². The number of hydrogen-bond acceptors (Lipinski definition) is 5. The highest BCUT2D eigenvalue weighted by Crippen LogP contribution is 2.20. The van der Waals surface area contributed by atoms with Gasteiger partial charge in [-0.05, 0) is 42.3 Å². The lowest BCUT2D eigenvalue weighted by Crippen LogP contribution is -2.17. The lowest BCUT2D eigenvalue weighted by atomic mass is 10.1. The number of para-hydroxylation sites is 1. The van der Waals surface area contributed by atoms with E-state index >= 15 is 0 Å². The molecule has 2 aromatic carbocycles. The predicted molar refractivity (Wildman–Crippen MR) is 102 cm³/mol. The second-order valence-electron chi connectivity index (χ2n) is 5.89. The summed E-state index contributed by atoms with van der Waals surface area (Å²) >= 11 is 0. The van der Waals surface area contributed by atoms with Gasteiger partial charge < -0.3 is 14.8 Å². The predicted octanol–water partition coefficient (Wildman–Crippen LogP) is 3.24. The van der Waals surface area contributed by atoms with Crippen molar-refractivity contribution in [2.75, 3.05) is 19.5 Å². The number of aryl methyl sites for hydroxylation is 1. The van der Waals surface area contributed by atoms with Crippen molar-refractivity contribution in [3.63, 3.8) is 0 Å². The van der Waals surface area contributed by atoms with Crippen molar-refractivity contribution in [2.24, 2.45) is 0 Å². The maximum Gasteiger partial charge on any atom is 0.278 e. The summed E-state index contributed by atoms with van der Waals surface area (Å²) in [6, 6.07) is 15.0. The molecule has 0 atom stereocenters. The zero-order valence-electron chi connectivity index (χ0n) is 15.6. The standard InChI is InChI=1S/C20H22N4O3/c1-4-14-7-5-6-8-17(14)21-20(25)19-18(13-26-2)24(23-22-19)15-9-11-16(27-3)12-10-15/h5-12H,4,13H2,1-3H3,(H,21,25). The Balaban J connectivity index is 1.93. The molecule has 0 radical (unpaired) electrons. The summed E-state index contributed by atoms with van der Waals surface area (Å²) < 4.78 is 12.1. The van der Waals surface area contributed by atoms with E-state index in [9.17, 15) is 4.79 Å². The summed E-state index contributed by atoms with van der Waals surface area (Å²) in [4.78, 5) is 12.8. The number of benzene rings is 2. The average Bonchev–Trinajstić information content (AvgIpc) is 3.12. The summed E-state index contributed by atoms with van der Waals surface area (Å²) in [6.45, 7) is 2.25. The fraction of sp³-hybridized carbons (Fsp3) is 0.250. The van der Waals surface area contributed by atoms with Gasteiger partial charge in [0.05, 0.1) is 19.4 Å². The Bertz CT molecular complexity index is 919. The second kappa shape index (κ2) is 8.46. The number of rotatable bonds is 7. The fourth-order valence-corrected chi connectivity index (χ4v) is 2.81. The zero-order valence-corrected chi connectivity index (χ0v) is 15.6. The minimum atomic E-state index is -0.317. The Hall–Kier alpha value is -3.19. The Morgan fingerprint density at radius 2 is 1.85 bits per heavy atom. The summed E-state index contributed by atoms with van der Waals surface area (Å²) in [5.41, 5.74) is 3.41. The molecular weight excluding hydrogens is 344 g/mol. The number of carbonyl (C=O) groups is 1. The van der Waals surface area contributed by atoms with Crippen LogP contribution < -0.4 is 10.1 Å². The van der Waals surface area contributed by atoms with E-state index in [0.29, 0.717) is 5.69 Å². The van der Waals surface area contributed by atoms with Gasteiger partial charge >= 0.3 is 0 Å². The molecule has 140 valence electrons. The minimum Gasteiger partial charge on any atom is -0.497 e. The Labute approximate surface area is 157 Å².